The number of amides is 1. The van der Waals surface area contributed by atoms with E-state index in [9.17, 15) is 4.79 Å². The molecule has 1 unspecified atom stereocenters. The Balaban J connectivity index is 2.05. The molecule has 1 aromatic rings. The topological polar surface area (TPSA) is 59.0 Å². The quantitative estimate of drug-likeness (QED) is 0.853. The zero-order valence-electron chi connectivity index (χ0n) is 11.2. The standard InChI is InChI=1S/C13H22N4O/c1-3-13(7-5-8-14-10-13)12(18)15-11-6-9-17(4-2)16-11/h6,9,14H,3-5,7-8,10H2,1-2H3,(H,15,16,18). The predicted molar refractivity (Wildman–Crippen MR) is 71.4 cm³/mol. The lowest BCUT2D eigenvalue weighted by Crippen LogP contribution is -2.47. The van der Waals surface area contributed by atoms with Crippen molar-refractivity contribution >= 4 is 11.7 Å². The third-order valence-corrected chi connectivity index (χ3v) is 3.84. The van der Waals surface area contributed by atoms with Gasteiger partial charge in [-0.1, -0.05) is 6.92 Å². The van der Waals surface area contributed by atoms with E-state index in [1.54, 1.807) is 0 Å². The fourth-order valence-electron chi connectivity index (χ4n) is 2.48. The molecule has 100 valence electrons. The van der Waals surface area contributed by atoms with Crippen LogP contribution in [-0.2, 0) is 11.3 Å². The Morgan fingerprint density at radius 2 is 2.44 bits per heavy atom. The van der Waals surface area contributed by atoms with Gasteiger partial charge in [0.25, 0.3) is 0 Å². The molecule has 5 nitrogen and oxygen atoms in total. The Morgan fingerprint density at radius 1 is 1.61 bits per heavy atom. The van der Waals surface area contributed by atoms with Crippen LogP contribution in [0, 0.1) is 5.41 Å². The van der Waals surface area contributed by atoms with Gasteiger partial charge in [0.15, 0.2) is 5.82 Å². The Bertz CT molecular complexity index is 407. The molecule has 0 aromatic carbocycles. The SMILES string of the molecule is CCn1ccc(NC(=O)C2(CC)CCCNC2)n1. The summed E-state index contributed by atoms with van der Waals surface area (Å²) in [5.74, 6) is 0.749. The predicted octanol–water partition coefficient (Wildman–Crippen LogP) is 1.62. The summed E-state index contributed by atoms with van der Waals surface area (Å²) in [5, 5.41) is 10.6. The van der Waals surface area contributed by atoms with Crippen LogP contribution >= 0.6 is 0 Å². The van der Waals surface area contributed by atoms with E-state index in [0.717, 1.165) is 38.9 Å². The van der Waals surface area contributed by atoms with Crippen LogP contribution in [0.3, 0.4) is 0 Å². The van der Waals surface area contributed by atoms with E-state index in [4.69, 9.17) is 0 Å². The van der Waals surface area contributed by atoms with Crippen LogP contribution in [0.2, 0.25) is 0 Å². The first-order valence-corrected chi connectivity index (χ1v) is 6.76. The number of aryl methyl sites for hydroxylation is 1. The van der Waals surface area contributed by atoms with E-state index in [1.165, 1.54) is 0 Å². The van der Waals surface area contributed by atoms with Crippen LogP contribution in [0.15, 0.2) is 12.3 Å². The minimum Gasteiger partial charge on any atom is -0.316 e. The summed E-state index contributed by atoms with van der Waals surface area (Å²) in [4.78, 5) is 12.4. The van der Waals surface area contributed by atoms with E-state index in [0.29, 0.717) is 5.82 Å². The normalized spacial score (nSPS) is 23.9. The number of rotatable bonds is 4. The molecule has 0 spiro atoms. The highest BCUT2D eigenvalue weighted by molar-refractivity contribution is 5.94. The molecule has 1 fully saturated rings. The molecule has 1 saturated heterocycles. The molecular weight excluding hydrogens is 228 g/mol. The van der Waals surface area contributed by atoms with Gasteiger partial charge < -0.3 is 10.6 Å². The summed E-state index contributed by atoms with van der Waals surface area (Å²) < 4.78 is 1.81. The largest absolute Gasteiger partial charge is 0.316 e. The number of hydrogen-bond acceptors (Lipinski definition) is 3. The van der Waals surface area contributed by atoms with Crippen molar-refractivity contribution in [2.24, 2.45) is 5.41 Å². The van der Waals surface area contributed by atoms with Crippen molar-refractivity contribution < 1.29 is 4.79 Å². The van der Waals surface area contributed by atoms with Crippen molar-refractivity contribution in [3.63, 3.8) is 0 Å². The highest BCUT2D eigenvalue weighted by atomic mass is 16.2. The molecule has 1 atom stereocenters. The lowest BCUT2D eigenvalue weighted by Gasteiger charge is -2.35. The fourth-order valence-corrected chi connectivity index (χ4v) is 2.48. The molecule has 1 amide bonds. The van der Waals surface area contributed by atoms with Crippen molar-refractivity contribution in [3.8, 4) is 0 Å². The van der Waals surface area contributed by atoms with Gasteiger partial charge in [0.05, 0.1) is 5.41 Å². The van der Waals surface area contributed by atoms with Gasteiger partial charge >= 0.3 is 0 Å². The van der Waals surface area contributed by atoms with Crippen molar-refractivity contribution in [2.75, 3.05) is 18.4 Å². The maximum absolute atomic E-state index is 12.4. The molecule has 0 bridgehead atoms. The van der Waals surface area contributed by atoms with Gasteiger partial charge in [0.2, 0.25) is 5.91 Å². The van der Waals surface area contributed by atoms with E-state index < -0.39 is 0 Å². The number of hydrogen-bond donors (Lipinski definition) is 2. The van der Waals surface area contributed by atoms with Crippen LogP contribution in [0.4, 0.5) is 5.82 Å². The Morgan fingerprint density at radius 3 is 3.00 bits per heavy atom. The molecule has 1 aliphatic rings. The van der Waals surface area contributed by atoms with Crippen molar-refractivity contribution in [3.05, 3.63) is 12.3 Å². The number of carbonyl (C=O) groups excluding carboxylic acids is 1. The molecule has 2 N–H and O–H groups in total. The van der Waals surface area contributed by atoms with Crippen LogP contribution in [0.1, 0.15) is 33.1 Å². The van der Waals surface area contributed by atoms with Crippen LogP contribution < -0.4 is 10.6 Å². The summed E-state index contributed by atoms with van der Waals surface area (Å²) >= 11 is 0. The van der Waals surface area contributed by atoms with E-state index in [-0.39, 0.29) is 11.3 Å². The maximum atomic E-state index is 12.4. The van der Waals surface area contributed by atoms with Gasteiger partial charge in [0, 0.05) is 25.4 Å². The Hall–Kier alpha value is -1.36. The van der Waals surface area contributed by atoms with Gasteiger partial charge in [-0.15, -0.1) is 0 Å². The first-order valence-electron chi connectivity index (χ1n) is 6.76. The number of carbonyl (C=O) groups is 1. The highest BCUT2D eigenvalue weighted by Crippen LogP contribution is 2.31. The van der Waals surface area contributed by atoms with Crippen LogP contribution in [0.25, 0.3) is 0 Å². The monoisotopic (exact) mass is 250 g/mol. The van der Waals surface area contributed by atoms with Gasteiger partial charge in [0.1, 0.15) is 0 Å². The molecule has 5 heteroatoms. The van der Waals surface area contributed by atoms with Gasteiger partial charge in [-0.3, -0.25) is 9.48 Å². The minimum atomic E-state index is -0.270. The second-order valence-electron chi connectivity index (χ2n) is 4.93. The van der Waals surface area contributed by atoms with Crippen LogP contribution in [0.5, 0.6) is 0 Å². The first-order chi connectivity index (χ1) is 8.70. The molecule has 2 rings (SSSR count). The third-order valence-electron chi connectivity index (χ3n) is 3.84. The van der Waals surface area contributed by atoms with Crippen molar-refractivity contribution in [1.82, 2.24) is 15.1 Å². The second kappa shape index (κ2) is 5.52. The van der Waals surface area contributed by atoms with E-state index in [1.807, 2.05) is 23.9 Å². The van der Waals surface area contributed by atoms with Crippen LogP contribution in [-0.4, -0.2) is 28.8 Å². The van der Waals surface area contributed by atoms with E-state index in [2.05, 4.69) is 22.7 Å². The number of anilines is 1. The Labute approximate surface area is 108 Å². The number of aromatic nitrogens is 2. The Kier molecular flexibility index (Phi) is 4.01. The first kappa shape index (κ1) is 13.1. The van der Waals surface area contributed by atoms with Gasteiger partial charge in [-0.05, 0) is 32.7 Å². The molecule has 18 heavy (non-hydrogen) atoms. The second-order valence-corrected chi connectivity index (χ2v) is 4.93. The maximum Gasteiger partial charge on any atom is 0.233 e. The summed E-state index contributed by atoms with van der Waals surface area (Å²) in [6, 6.07) is 1.85. The molecular formula is C13H22N4O. The van der Waals surface area contributed by atoms with Crippen molar-refractivity contribution in [2.45, 2.75) is 39.7 Å². The average Bonchev–Trinajstić information content (AvgIpc) is 2.87. The zero-order valence-corrected chi connectivity index (χ0v) is 11.2. The lowest BCUT2D eigenvalue weighted by molar-refractivity contribution is -0.126. The summed E-state index contributed by atoms with van der Waals surface area (Å²) in [7, 11) is 0. The number of nitrogens with one attached hydrogen (secondary N) is 2. The summed E-state index contributed by atoms with van der Waals surface area (Å²) in [6.45, 7) is 6.70. The van der Waals surface area contributed by atoms with Gasteiger partial charge in [-0.25, -0.2) is 0 Å². The molecule has 0 radical (unpaired) electrons. The number of piperidine rings is 1. The summed E-state index contributed by atoms with van der Waals surface area (Å²) in [5.41, 5.74) is -0.270. The molecule has 1 aliphatic heterocycles. The molecule has 0 saturated carbocycles. The van der Waals surface area contributed by atoms with E-state index >= 15 is 0 Å². The van der Waals surface area contributed by atoms with Gasteiger partial charge in [-0.2, -0.15) is 5.10 Å². The smallest absolute Gasteiger partial charge is 0.233 e. The summed E-state index contributed by atoms with van der Waals surface area (Å²) in [6.07, 6.45) is 4.76. The number of nitrogens with zero attached hydrogens (tertiary/aromatic N) is 2. The zero-order chi connectivity index (χ0) is 13.0. The molecule has 2 heterocycles. The van der Waals surface area contributed by atoms with Crippen molar-refractivity contribution in [1.29, 1.82) is 0 Å². The molecule has 1 aromatic heterocycles. The molecule has 0 aliphatic carbocycles. The third kappa shape index (κ3) is 2.56. The minimum absolute atomic E-state index is 0.0959. The lowest BCUT2D eigenvalue weighted by atomic mass is 9.77. The highest BCUT2D eigenvalue weighted by Gasteiger charge is 2.37. The fraction of sp³-hybridized carbons (Fsp3) is 0.692. The average molecular weight is 250 g/mol.